The molecule has 0 heterocycles. The highest BCUT2D eigenvalue weighted by molar-refractivity contribution is 9.10. The Kier molecular flexibility index (Phi) is 4.20. The summed E-state index contributed by atoms with van der Waals surface area (Å²) in [7, 11) is 0. The first-order valence-corrected chi connectivity index (χ1v) is 6.31. The van der Waals surface area contributed by atoms with E-state index in [-0.39, 0.29) is 16.5 Å². The molecule has 0 unspecified atom stereocenters. The van der Waals surface area contributed by atoms with E-state index in [0.29, 0.717) is 4.47 Å². The molecule has 0 N–H and O–H groups in total. The minimum absolute atomic E-state index is 0.0202. The number of halogens is 4. The number of rotatable bonds is 3. The second kappa shape index (κ2) is 5.72. The summed E-state index contributed by atoms with van der Waals surface area (Å²) < 4.78 is 32.1. The Balaban J connectivity index is 2.40. The van der Waals surface area contributed by atoms with Crippen molar-refractivity contribution >= 4 is 33.2 Å². The van der Waals surface area contributed by atoms with E-state index in [1.54, 1.807) is 0 Å². The maximum absolute atomic E-state index is 13.3. The van der Waals surface area contributed by atoms with Crippen LogP contribution in [0.25, 0.3) is 0 Å². The van der Waals surface area contributed by atoms with Crippen molar-refractivity contribution < 1.29 is 18.4 Å². The van der Waals surface area contributed by atoms with E-state index in [2.05, 4.69) is 15.9 Å². The van der Waals surface area contributed by atoms with E-state index in [9.17, 15) is 18.9 Å². The average molecular weight is 365 g/mol. The lowest BCUT2D eigenvalue weighted by Crippen LogP contribution is -1.93. The van der Waals surface area contributed by atoms with Crippen LogP contribution in [0.5, 0.6) is 11.5 Å². The minimum Gasteiger partial charge on any atom is -0.456 e. The quantitative estimate of drug-likeness (QED) is 0.433. The van der Waals surface area contributed by atoms with Gasteiger partial charge in [0.1, 0.15) is 23.1 Å². The predicted octanol–water partition coefficient (Wildman–Crippen LogP) is 5.08. The van der Waals surface area contributed by atoms with Gasteiger partial charge in [0.05, 0.1) is 26.6 Å². The molecule has 2 aromatic rings. The van der Waals surface area contributed by atoms with Crippen molar-refractivity contribution in [3.05, 3.63) is 61.6 Å². The first kappa shape index (κ1) is 14.7. The van der Waals surface area contributed by atoms with Crippen LogP contribution in [-0.4, -0.2) is 4.92 Å². The van der Waals surface area contributed by atoms with Crippen molar-refractivity contribution in [1.82, 2.24) is 0 Å². The molecule has 0 fully saturated rings. The van der Waals surface area contributed by atoms with Crippen LogP contribution < -0.4 is 4.74 Å². The topological polar surface area (TPSA) is 52.4 Å². The second-order valence-corrected chi connectivity index (χ2v) is 4.96. The van der Waals surface area contributed by atoms with E-state index < -0.39 is 22.2 Å². The molecule has 0 saturated carbocycles. The molecule has 8 heteroatoms. The fourth-order valence-corrected chi connectivity index (χ4v) is 2.14. The van der Waals surface area contributed by atoms with Gasteiger partial charge >= 0.3 is 0 Å². The molecule has 4 nitrogen and oxygen atoms in total. The Bertz CT molecular complexity index is 697. The Morgan fingerprint density at radius 3 is 2.55 bits per heavy atom. The Labute approximate surface area is 125 Å². The molecule has 0 aliphatic heterocycles. The Morgan fingerprint density at radius 2 is 1.90 bits per heavy atom. The van der Waals surface area contributed by atoms with Crippen LogP contribution in [0, 0.1) is 21.7 Å². The third-order valence-corrected chi connectivity index (χ3v) is 3.18. The van der Waals surface area contributed by atoms with Crippen LogP contribution in [0.15, 0.2) is 34.8 Å². The normalized spacial score (nSPS) is 10.4. The van der Waals surface area contributed by atoms with Gasteiger partial charge in [0, 0.05) is 12.1 Å². The number of hydrogen-bond acceptors (Lipinski definition) is 3. The summed E-state index contributed by atoms with van der Waals surface area (Å²) in [5.41, 5.74) is -0.467. The number of ether oxygens (including phenoxy) is 1. The van der Waals surface area contributed by atoms with Gasteiger partial charge in [-0.3, -0.25) is 10.1 Å². The number of nitro groups is 1. The summed E-state index contributed by atoms with van der Waals surface area (Å²) >= 11 is 8.67. The molecule has 104 valence electrons. The smallest absolute Gasteiger partial charge is 0.276 e. The molecule has 2 aromatic carbocycles. The second-order valence-electron chi connectivity index (χ2n) is 3.70. The Hall–Kier alpha value is -1.73. The van der Waals surface area contributed by atoms with Gasteiger partial charge in [-0.25, -0.2) is 8.78 Å². The van der Waals surface area contributed by atoms with Crippen LogP contribution in [0.1, 0.15) is 0 Å². The van der Waals surface area contributed by atoms with Gasteiger partial charge in [-0.1, -0.05) is 11.6 Å². The van der Waals surface area contributed by atoms with Crippen molar-refractivity contribution in [2.24, 2.45) is 0 Å². The molecular weight excluding hydrogens is 359 g/mol. The summed E-state index contributed by atoms with van der Waals surface area (Å²) in [6.07, 6.45) is 0. The van der Waals surface area contributed by atoms with E-state index in [4.69, 9.17) is 16.3 Å². The summed E-state index contributed by atoms with van der Waals surface area (Å²) in [5, 5.41) is 10.5. The number of nitrogens with zero attached hydrogens (tertiary/aromatic N) is 1. The van der Waals surface area contributed by atoms with E-state index >= 15 is 0 Å². The number of hydrogen-bond donors (Lipinski definition) is 0. The maximum atomic E-state index is 13.3. The third kappa shape index (κ3) is 3.23. The molecule has 2 rings (SSSR count). The molecule has 0 radical (unpaired) electrons. The highest BCUT2D eigenvalue weighted by Crippen LogP contribution is 2.35. The summed E-state index contributed by atoms with van der Waals surface area (Å²) in [5.74, 6) is -1.67. The zero-order chi connectivity index (χ0) is 14.9. The predicted molar refractivity (Wildman–Crippen MR) is 72.2 cm³/mol. The number of non-ortho nitro benzene ring substituents is 1. The number of benzene rings is 2. The lowest BCUT2D eigenvalue weighted by atomic mass is 10.3. The summed E-state index contributed by atoms with van der Waals surface area (Å²) in [4.78, 5) is 9.86. The van der Waals surface area contributed by atoms with E-state index in [0.717, 1.165) is 24.3 Å². The van der Waals surface area contributed by atoms with Gasteiger partial charge in [0.2, 0.25) is 0 Å². The first-order chi connectivity index (χ1) is 9.36. The van der Waals surface area contributed by atoms with Gasteiger partial charge in [-0.05, 0) is 22.0 Å². The van der Waals surface area contributed by atoms with Crippen LogP contribution in [0.3, 0.4) is 0 Å². The van der Waals surface area contributed by atoms with Crippen LogP contribution in [0.4, 0.5) is 14.5 Å². The molecular formula is C12H5BrClF2NO3. The van der Waals surface area contributed by atoms with Crippen molar-refractivity contribution in [2.45, 2.75) is 0 Å². The summed E-state index contributed by atoms with van der Waals surface area (Å²) in [6, 6.07) is 4.99. The van der Waals surface area contributed by atoms with Gasteiger partial charge in [-0.15, -0.1) is 0 Å². The van der Waals surface area contributed by atoms with E-state index in [1.165, 1.54) is 6.07 Å². The van der Waals surface area contributed by atoms with Gasteiger partial charge in [0.15, 0.2) is 0 Å². The van der Waals surface area contributed by atoms with Crippen LogP contribution in [0.2, 0.25) is 5.02 Å². The lowest BCUT2D eigenvalue weighted by Gasteiger charge is -2.08. The molecule has 0 atom stereocenters. The molecule has 0 aliphatic carbocycles. The average Bonchev–Trinajstić information content (AvgIpc) is 2.35. The van der Waals surface area contributed by atoms with Gasteiger partial charge in [-0.2, -0.15) is 0 Å². The van der Waals surface area contributed by atoms with Gasteiger partial charge < -0.3 is 4.74 Å². The van der Waals surface area contributed by atoms with Crippen LogP contribution >= 0.6 is 27.5 Å². The SMILES string of the molecule is O=[N+]([O-])c1cc(F)cc(Oc2cc(F)c(Cl)cc2Br)c1. The standard InChI is InChI=1S/C12H5BrClF2NO3/c13-9-4-10(14)11(16)5-12(9)20-8-2-6(15)1-7(3-8)17(18)19/h1-5H. The molecule has 0 aliphatic rings. The molecule has 0 bridgehead atoms. The van der Waals surface area contributed by atoms with Crippen molar-refractivity contribution in [1.29, 1.82) is 0 Å². The fraction of sp³-hybridized carbons (Fsp3) is 0. The lowest BCUT2D eigenvalue weighted by molar-refractivity contribution is -0.385. The fourth-order valence-electron chi connectivity index (χ4n) is 1.42. The van der Waals surface area contributed by atoms with Crippen LogP contribution in [-0.2, 0) is 0 Å². The first-order valence-electron chi connectivity index (χ1n) is 5.14. The van der Waals surface area contributed by atoms with Crippen molar-refractivity contribution in [3.63, 3.8) is 0 Å². The zero-order valence-corrected chi connectivity index (χ0v) is 11.9. The van der Waals surface area contributed by atoms with Crippen molar-refractivity contribution in [2.75, 3.05) is 0 Å². The largest absolute Gasteiger partial charge is 0.456 e. The molecule has 0 spiro atoms. The Morgan fingerprint density at radius 1 is 1.20 bits per heavy atom. The third-order valence-electron chi connectivity index (χ3n) is 2.27. The minimum atomic E-state index is -0.834. The molecule has 0 amide bonds. The highest BCUT2D eigenvalue weighted by atomic mass is 79.9. The molecule has 0 aromatic heterocycles. The molecule has 20 heavy (non-hydrogen) atoms. The monoisotopic (exact) mass is 363 g/mol. The molecule has 0 saturated heterocycles. The summed E-state index contributed by atoms with van der Waals surface area (Å²) in [6.45, 7) is 0. The van der Waals surface area contributed by atoms with E-state index in [1.807, 2.05) is 0 Å². The maximum Gasteiger partial charge on any atom is 0.276 e. The van der Waals surface area contributed by atoms with Crippen molar-refractivity contribution in [3.8, 4) is 11.5 Å². The highest BCUT2D eigenvalue weighted by Gasteiger charge is 2.13. The zero-order valence-electron chi connectivity index (χ0n) is 9.57. The van der Waals surface area contributed by atoms with Gasteiger partial charge in [0.25, 0.3) is 5.69 Å². The number of nitro benzene ring substituents is 1.